The number of hydrogen-bond acceptors (Lipinski definition) is 3. The van der Waals surface area contributed by atoms with Gasteiger partial charge in [-0.15, -0.1) is 0 Å². The van der Waals surface area contributed by atoms with Crippen LogP contribution in [0.3, 0.4) is 0 Å². The maximum absolute atomic E-state index is 9.88. The summed E-state index contributed by atoms with van der Waals surface area (Å²) in [5.74, 6) is 0. The van der Waals surface area contributed by atoms with E-state index in [9.17, 15) is 5.11 Å². The van der Waals surface area contributed by atoms with Crippen molar-refractivity contribution in [2.24, 2.45) is 7.05 Å². The number of pyridine rings is 1. The number of imidazole rings is 1. The Kier molecular flexibility index (Phi) is 2.78. The monoisotopic (exact) mass is 203 g/mol. The lowest BCUT2D eigenvalue weighted by Gasteiger charge is -2.06. The topological polar surface area (TPSA) is 50.9 Å². The number of nitrogens with zero attached hydrogens (tertiary/aromatic N) is 3. The van der Waals surface area contributed by atoms with Crippen molar-refractivity contribution in [2.45, 2.75) is 12.5 Å². The van der Waals surface area contributed by atoms with Gasteiger partial charge in [0.15, 0.2) is 0 Å². The normalized spacial score (nSPS) is 12.7. The first kappa shape index (κ1) is 9.86. The molecule has 0 saturated heterocycles. The molecule has 78 valence electrons. The molecule has 0 saturated carbocycles. The second-order valence-corrected chi connectivity index (χ2v) is 3.55. The zero-order valence-corrected chi connectivity index (χ0v) is 8.54. The zero-order valence-electron chi connectivity index (χ0n) is 8.54. The van der Waals surface area contributed by atoms with Crippen LogP contribution < -0.4 is 0 Å². The fourth-order valence-electron chi connectivity index (χ4n) is 1.45. The molecule has 0 aliphatic heterocycles. The molecule has 0 radical (unpaired) electrons. The highest BCUT2D eigenvalue weighted by Crippen LogP contribution is 2.15. The van der Waals surface area contributed by atoms with E-state index < -0.39 is 6.10 Å². The highest BCUT2D eigenvalue weighted by atomic mass is 16.3. The van der Waals surface area contributed by atoms with Crippen LogP contribution in [0.1, 0.15) is 17.4 Å². The van der Waals surface area contributed by atoms with Gasteiger partial charge in [0.25, 0.3) is 0 Å². The summed E-state index contributed by atoms with van der Waals surface area (Å²) >= 11 is 0. The van der Waals surface area contributed by atoms with E-state index in [-0.39, 0.29) is 0 Å². The number of aromatic nitrogens is 3. The fraction of sp³-hybridized carbons (Fsp3) is 0.273. The SMILES string of the molecule is Cn1cnc(C(O)Cc2cccnc2)c1. The van der Waals surface area contributed by atoms with Crippen LogP contribution in [0.25, 0.3) is 0 Å². The molecule has 0 spiro atoms. The molecule has 1 N–H and O–H groups in total. The Balaban J connectivity index is 2.07. The Morgan fingerprint density at radius 3 is 3.00 bits per heavy atom. The molecule has 4 heteroatoms. The minimum Gasteiger partial charge on any atom is -0.386 e. The summed E-state index contributed by atoms with van der Waals surface area (Å²) < 4.78 is 1.82. The molecule has 1 atom stereocenters. The maximum atomic E-state index is 9.88. The number of hydrogen-bond donors (Lipinski definition) is 1. The van der Waals surface area contributed by atoms with Crippen LogP contribution in [0.15, 0.2) is 37.1 Å². The third-order valence-electron chi connectivity index (χ3n) is 2.22. The molecule has 2 aromatic heterocycles. The number of aliphatic hydroxyl groups is 1. The van der Waals surface area contributed by atoms with Crippen LogP contribution >= 0.6 is 0 Å². The van der Waals surface area contributed by atoms with E-state index in [1.807, 2.05) is 29.9 Å². The van der Waals surface area contributed by atoms with Crippen LogP contribution in [-0.4, -0.2) is 19.6 Å². The first-order valence-corrected chi connectivity index (χ1v) is 4.80. The molecule has 4 nitrogen and oxygen atoms in total. The minimum absolute atomic E-state index is 0.546. The molecule has 2 rings (SSSR count). The average Bonchev–Trinajstić information content (AvgIpc) is 2.66. The van der Waals surface area contributed by atoms with Crippen molar-refractivity contribution in [2.75, 3.05) is 0 Å². The van der Waals surface area contributed by atoms with Crippen LogP contribution in [-0.2, 0) is 13.5 Å². The molecule has 15 heavy (non-hydrogen) atoms. The molecule has 0 fully saturated rings. The van der Waals surface area contributed by atoms with Crippen molar-refractivity contribution in [3.8, 4) is 0 Å². The summed E-state index contributed by atoms with van der Waals surface area (Å²) in [6.45, 7) is 0. The van der Waals surface area contributed by atoms with Gasteiger partial charge in [0.05, 0.1) is 12.0 Å². The number of rotatable bonds is 3. The second-order valence-electron chi connectivity index (χ2n) is 3.55. The predicted octanol–water partition coefficient (Wildman–Crippen LogP) is 1.09. The molecule has 0 aliphatic carbocycles. The van der Waals surface area contributed by atoms with E-state index in [0.29, 0.717) is 12.1 Å². The van der Waals surface area contributed by atoms with Gasteiger partial charge < -0.3 is 9.67 Å². The van der Waals surface area contributed by atoms with Gasteiger partial charge in [-0.25, -0.2) is 4.98 Å². The quantitative estimate of drug-likeness (QED) is 0.812. The standard InChI is InChI=1S/C11H13N3O/c1-14-7-10(13-8-14)11(15)5-9-3-2-4-12-6-9/h2-4,6-8,11,15H,5H2,1H3. The third kappa shape index (κ3) is 2.41. The molecule has 0 aliphatic rings. The Morgan fingerprint density at radius 1 is 1.53 bits per heavy atom. The minimum atomic E-state index is -0.560. The summed E-state index contributed by atoms with van der Waals surface area (Å²) in [6, 6.07) is 3.81. The van der Waals surface area contributed by atoms with Crippen LogP contribution in [0.4, 0.5) is 0 Å². The zero-order chi connectivity index (χ0) is 10.7. The van der Waals surface area contributed by atoms with Crippen molar-refractivity contribution in [3.63, 3.8) is 0 Å². The predicted molar refractivity (Wildman–Crippen MR) is 56.1 cm³/mol. The van der Waals surface area contributed by atoms with Gasteiger partial charge in [0, 0.05) is 32.1 Å². The highest BCUT2D eigenvalue weighted by Gasteiger charge is 2.10. The largest absolute Gasteiger partial charge is 0.386 e. The molecular weight excluding hydrogens is 190 g/mol. The van der Waals surface area contributed by atoms with E-state index in [4.69, 9.17) is 0 Å². The average molecular weight is 203 g/mol. The summed E-state index contributed by atoms with van der Waals surface area (Å²) in [5, 5.41) is 9.88. The molecule has 1 unspecified atom stereocenters. The van der Waals surface area contributed by atoms with E-state index in [1.165, 1.54) is 0 Å². The van der Waals surface area contributed by atoms with Crippen molar-refractivity contribution in [1.82, 2.24) is 14.5 Å². The first-order chi connectivity index (χ1) is 7.25. The molecular formula is C11H13N3O. The van der Waals surface area contributed by atoms with Crippen molar-refractivity contribution >= 4 is 0 Å². The van der Waals surface area contributed by atoms with E-state index in [1.54, 1.807) is 18.7 Å². The van der Waals surface area contributed by atoms with Gasteiger partial charge in [-0.05, 0) is 11.6 Å². The summed E-state index contributed by atoms with van der Waals surface area (Å²) in [6.07, 6.45) is 6.96. The second kappa shape index (κ2) is 4.23. The van der Waals surface area contributed by atoms with Gasteiger partial charge >= 0.3 is 0 Å². The Morgan fingerprint density at radius 2 is 2.40 bits per heavy atom. The van der Waals surface area contributed by atoms with Crippen LogP contribution in [0.5, 0.6) is 0 Å². The van der Waals surface area contributed by atoms with Gasteiger partial charge in [0.1, 0.15) is 6.10 Å². The van der Waals surface area contributed by atoms with Gasteiger partial charge in [-0.2, -0.15) is 0 Å². The maximum Gasteiger partial charge on any atom is 0.102 e. The van der Waals surface area contributed by atoms with Crippen molar-refractivity contribution < 1.29 is 5.11 Å². The molecule has 2 aromatic rings. The molecule has 0 amide bonds. The van der Waals surface area contributed by atoms with E-state index in [2.05, 4.69) is 9.97 Å². The lowest BCUT2D eigenvalue weighted by Crippen LogP contribution is -2.02. The molecule has 0 aromatic carbocycles. The van der Waals surface area contributed by atoms with Gasteiger partial charge in [-0.3, -0.25) is 4.98 Å². The fourth-order valence-corrected chi connectivity index (χ4v) is 1.45. The van der Waals surface area contributed by atoms with Gasteiger partial charge in [0.2, 0.25) is 0 Å². The summed E-state index contributed by atoms with van der Waals surface area (Å²) in [4.78, 5) is 8.10. The molecule has 0 bridgehead atoms. The smallest absolute Gasteiger partial charge is 0.102 e. The van der Waals surface area contributed by atoms with Gasteiger partial charge in [-0.1, -0.05) is 6.07 Å². The Bertz CT molecular complexity index is 424. The lowest BCUT2D eigenvalue weighted by atomic mass is 10.1. The summed E-state index contributed by atoms with van der Waals surface area (Å²) in [5.41, 5.74) is 1.71. The van der Waals surface area contributed by atoms with Crippen molar-refractivity contribution in [3.05, 3.63) is 48.3 Å². The highest BCUT2D eigenvalue weighted by molar-refractivity contribution is 5.13. The third-order valence-corrected chi connectivity index (χ3v) is 2.22. The Hall–Kier alpha value is -1.68. The lowest BCUT2D eigenvalue weighted by molar-refractivity contribution is 0.174. The Labute approximate surface area is 88.2 Å². The van der Waals surface area contributed by atoms with Crippen LogP contribution in [0, 0.1) is 0 Å². The van der Waals surface area contributed by atoms with Crippen molar-refractivity contribution in [1.29, 1.82) is 0 Å². The van der Waals surface area contributed by atoms with Crippen LogP contribution in [0.2, 0.25) is 0 Å². The number of aliphatic hydroxyl groups excluding tert-OH is 1. The van der Waals surface area contributed by atoms with E-state index in [0.717, 1.165) is 5.56 Å². The summed E-state index contributed by atoms with van der Waals surface area (Å²) in [7, 11) is 1.88. The first-order valence-electron chi connectivity index (χ1n) is 4.80. The van der Waals surface area contributed by atoms with E-state index >= 15 is 0 Å². The molecule has 2 heterocycles. The number of aryl methyl sites for hydroxylation is 1.